The molecule has 0 N–H and O–H groups in total. The molecule has 2 aliphatic carbocycles. The van der Waals surface area contributed by atoms with E-state index < -0.39 is 5.41 Å². The van der Waals surface area contributed by atoms with Crippen LogP contribution in [0.25, 0.3) is 0 Å². The predicted octanol–water partition coefficient (Wildman–Crippen LogP) is 3.33. The zero-order valence-corrected chi connectivity index (χ0v) is 13.7. The van der Waals surface area contributed by atoms with Crippen molar-refractivity contribution in [3.05, 3.63) is 0 Å². The largest absolute Gasteiger partial charge is 0.465 e. The molecule has 2 bridgehead atoms. The maximum atomic E-state index is 11.9. The standard InChI is InChI=1S/C17H28O4/c1-5-17(3,4)16(19)20-9-8-14(18)21-15-11(2)12-6-7-13(15)10-12/h11-13,15H,5-10H2,1-4H3. The summed E-state index contributed by atoms with van der Waals surface area (Å²) in [7, 11) is 0. The summed E-state index contributed by atoms with van der Waals surface area (Å²) in [6, 6.07) is 0. The number of fused-ring (bicyclic) bond motifs is 2. The van der Waals surface area contributed by atoms with Crippen molar-refractivity contribution in [2.45, 2.75) is 65.9 Å². The summed E-state index contributed by atoms with van der Waals surface area (Å²) in [4.78, 5) is 23.7. The fourth-order valence-corrected chi connectivity index (χ4v) is 3.51. The van der Waals surface area contributed by atoms with Crippen LogP contribution in [-0.2, 0) is 19.1 Å². The number of carbonyl (C=O) groups excluding carboxylic acids is 2. The van der Waals surface area contributed by atoms with Crippen LogP contribution in [0.3, 0.4) is 0 Å². The second-order valence-electron chi connectivity index (χ2n) is 7.27. The first-order chi connectivity index (χ1) is 9.85. The van der Waals surface area contributed by atoms with Crippen molar-refractivity contribution in [1.82, 2.24) is 0 Å². The van der Waals surface area contributed by atoms with E-state index in [0.717, 1.165) is 12.3 Å². The average Bonchev–Trinajstić information content (AvgIpc) is 3.02. The van der Waals surface area contributed by atoms with E-state index in [1.54, 1.807) is 0 Å². The summed E-state index contributed by atoms with van der Waals surface area (Å²) in [5, 5.41) is 0. The number of hydrogen-bond donors (Lipinski definition) is 0. The highest BCUT2D eigenvalue weighted by atomic mass is 16.6. The van der Waals surface area contributed by atoms with Gasteiger partial charge in [0.15, 0.2) is 0 Å². The van der Waals surface area contributed by atoms with Gasteiger partial charge in [-0.2, -0.15) is 0 Å². The van der Waals surface area contributed by atoms with Crippen molar-refractivity contribution in [3.63, 3.8) is 0 Å². The lowest BCUT2D eigenvalue weighted by atomic mass is 9.88. The van der Waals surface area contributed by atoms with E-state index >= 15 is 0 Å². The molecule has 0 aliphatic heterocycles. The number of ether oxygens (including phenoxy) is 2. The van der Waals surface area contributed by atoms with Gasteiger partial charge >= 0.3 is 11.9 Å². The maximum Gasteiger partial charge on any atom is 0.311 e. The van der Waals surface area contributed by atoms with Crippen LogP contribution >= 0.6 is 0 Å². The molecule has 4 atom stereocenters. The molecule has 0 aromatic rings. The van der Waals surface area contributed by atoms with Gasteiger partial charge in [0.05, 0.1) is 11.8 Å². The highest BCUT2D eigenvalue weighted by Gasteiger charge is 2.47. The highest BCUT2D eigenvalue weighted by molar-refractivity contribution is 5.76. The van der Waals surface area contributed by atoms with E-state index in [2.05, 4.69) is 6.92 Å². The molecule has 0 radical (unpaired) electrons. The molecule has 2 saturated carbocycles. The van der Waals surface area contributed by atoms with Crippen molar-refractivity contribution in [2.24, 2.45) is 23.2 Å². The Bertz CT molecular complexity index is 400. The molecular formula is C17H28O4. The van der Waals surface area contributed by atoms with Gasteiger partial charge in [-0.3, -0.25) is 9.59 Å². The van der Waals surface area contributed by atoms with E-state index in [1.165, 1.54) is 19.3 Å². The van der Waals surface area contributed by atoms with Gasteiger partial charge in [0.1, 0.15) is 12.7 Å². The third-order valence-corrected chi connectivity index (χ3v) is 5.48. The van der Waals surface area contributed by atoms with Crippen molar-refractivity contribution in [2.75, 3.05) is 6.61 Å². The Balaban J connectivity index is 1.70. The Kier molecular flexibility index (Phi) is 4.95. The predicted molar refractivity (Wildman–Crippen MR) is 79.5 cm³/mol. The Morgan fingerprint density at radius 2 is 1.86 bits per heavy atom. The molecule has 0 aromatic carbocycles. The van der Waals surface area contributed by atoms with Crippen LogP contribution in [0.5, 0.6) is 0 Å². The first-order valence-electron chi connectivity index (χ1n) is 8.22. The van der Waals surface area contributed by atoms with Crippen LogP contribution in [0.15, 0.2) is 0 Å². The molecule has 2 aliphatic rings. The topological polar surface area (TPSA) is 52.6 Å². The molecule has 0 amide bonds. The molecule has 0 spiro atoms. The van der Waals surface area contributed by atoms with Gasteiger partial charge in [0.25, 0.3) is 0 Å². The third-order valence-electron chi connectivity index (χ3n) is 5.48. The van der Waals surface area contributed by atoms with Crippen LogP contribution in [0, 0.1) is 23.2 Å². The van der Waals surface area contributed by atoms with Gasteiger partial charge < -0.3 is 9.47 Å². The quantitative estimate of drug-likeness (QED) is 0.705. The molecule has 0 heterocycles. The van der Waals surface area contributed by atoms with Crippen molar-refractivity contribution < 1.29 is 19.1 Å². The van der Waals surface area contributed by atoms with Crippen molar-refractivity contribution in [1.29, 1.82) is 0 Å². The summed E-state index contributed by atoms with van der Waals surface area (Å²) >= 11 is 0. The molecule has 4 nitrogen and oxygen atoms in total. The lowest BCUT2D eigenvalue weighted by Crippen LogP contribution is -2.31. The van der Waals surface area contributed by atoms with E-state index in [1.807, 2.05) is 20.8 Å². The number of carbonyl (C=O) groups is 2. The lowest BCUT2D eigenvalue weighted by Gasteiger charge is -2.28. The van der Waals surface area contributed by atoms with E-state index in [0.29, 0.717) is 11.8 Å². The van der Waals surface area contributed by atoms with E-state index in [9.17, 15) is 9.59 Å². The summed E-state index contributed by atoms with van der Waals surface area (Å²) in [6.07, 6.45) is 4.64. The monoisotopic (exact) mass is 296 g/mol. The van der Waals surface area contributed by atoms with Crippen LogP contribution in [0.1, 0.15) is 59.8 Å². The van der Waals surface area contributed by atoms with Gasteiger partial charge in [0.2, 0.25) is 0 Å². The Hall–Kier alpha value is -1.06. The molecule has 0 saturated heterocycles. The first-order valence-corrected chi connectivity index (χ1v) is 8.22. The summed E-state index contributed by atoms with van der Waals surface area (Å²) in [6.45, 7) is 7.96. The van der Waals surface area contributed by atoms with Gasteiger partial charge in [-0.15, -0.1) is 0 Å². The Morgan fingerprint density at radius 3 is 2.43 bits per heavy atom. The second-order valence-corrected chi connectivity index (χ2v) is 7.27. The van der Waals surface area contributed by atoms with E-state index in [-0.39, 0.29) is 31.1 Å². The Morgan fingerprint density at radius 1 is 1.19 bits per heavy atom. The second kappa shape index (κ2) is 6.37. The Labute approximate surface area is 127 Å². The molecule has 2 fully saturated rings. The summed E-state index contributed by atoms with van der Waals surface area (Å²) in [5.74, 6) is 1.29. The zero-order chi connectivity index (χ0) is 15.6. The number of esters is 2. The van der Waals surface area contributed by atoms with Crippen LogP contribution < -0.4 is 0 Å². The smallest absolute Gasteiger partial charge is 0.311 e. The fourth-order valence-electron chi connectivity index (χ4n) is 3.51. The minimum Gasteiger partial charge on any atom is -0.465 e. The fraction of sp³-hybridized carbons (Fsp3) is 0.882. The van der Waals surface area contributed by atoms with Crippen LogP contribution in [0.2, 0.25) is 0 Å². The minimum atomic E-state index is -0.483. The van der Waals surface area contributed by atoms with Crippen molar-refractivity contribution in [3.8, 4) is 0 Å². The summed E-state index contributed by atoms with van der Waals surface area (Å²) in [5.41, 5.74) is -0.483. The molecule has 4 heteroatoms. The van der Waals surface area contributed by atoms with Gasteiger partial charge in [0, 0.05) is 0 Å². The molecule has 120 valence electrons. The lowest BCUT2D eigenvalue weighted by molar-refractivity contribution is -0.160. The van der Waals surface area contributed by atoms with E-state index in [4.69, 9.17) is 9.47 Å². The molecule has 4 unspecified atom stereocenters. The first kappa shape index (κ1) is 16.3. The number of hydrogen-bond acceptors (Lipinski definition) is 4. The molecular weight excluding hydrogens is 268 g/mol. The number of rotatable bonds is 6. The SMILES string of the molecule is CCC(C)(C)C(=O)OCCC(=O)OC1C2CCC(C2)C1C. The van der Waals surface area contributed by atoms with Gasteiger partial charge in [-0.25, -0.2) is 0 Å². The average molecular weight is 296 g/mol. The molecule has 2 rings (SSSR count). The van der Waals surface area contributed by atoms with Crippen LogP contribution in [-0.4, -0.2) is 24.6 Å². The molecule has 21 heavy (non-hydrogen) atoms. The zero-order valence-electron chi connectivity index (χ0n) is 13.7. The summed E-state index contributed by atoms with van der Waals surface area (Å²) < 4.78 is 10.8. The van der Waals surface area contributed by atoms with Crippen molar-refractivity contribution >= 4 is 11.9 Å². The third kappa shape index (κ3) is 3.58. The van der Waals surface area contributed by atoms with Crippen LogP contribution in [0.4, 0.5) is 0 Å². The molecule has 0 aromatic heterocycles. The van der Waals surface area contributed by atoms with Gasteiger partial charge in [-0.1, -0.05) is 13.8 Å². The minimum absolute atomic E-state index is 0.0824. The van der Waals surface area contributed by atoms with Gasteiger partial charge in [-0.05, 0) is 57.3 Å². The normalized spacial score (nSPS) is 31.2. The maximum absolute atomic E-state index is 11.9. The highest BCUT2D eigenvalue weighted by Crippen LogP contribution is 2.49.